The number of hydrogen-bond donors (Lipinski definition) is 2. The minimum atomic E-state index is -0.464. The summed E-state index contributed by atoms with van der Waals surface area (Å²) in [6.45, 7) is 3.10. The Kier molecular flexibility index (Phi) is 6.22. The van der Waals surface area contributed by atoms with Crippen molar-refractivity contribution in [1.82, 2.24) is 10.2 Å². The van der Waals surface area contributed by atoms with Crippen LogP contribution in [-0.2, 0) is 5.41 Å². The molecule has 1 saturated heterocycles. The molecule has 6 rings (SSSR count). The molecule has 188 valence electrons. The second-order valence-electron chi connectivity index (χ2n) is 11.2. The molecule has 36 heavy (non-hydrogen) atoms. The first-order valence-electron chi connectivity index (χ1n) is 13.4. The average Bonchev–Trinajstić information content (AvgIpc) is 3.73. The van der Waals surface area contributed by atoms with E-state index in [1.807, 2.05) is 42.5 Å². The van der Waals surface area contributed by atoms with Gasteiger partial charge >= 0.3 is 0 Å². The van der Waals surface area contributed by atoms with E-state index < -0.39 is 6.10 Å². The van der Waals surface area contributed by atoms with E-state index in [-0.39, 0.29) is 23.3 Å². The van der Waals surface area contributed by atoms with Gasteiger partial charge in [0.05, 0.1) is 13.2 Å². The van der Waals surface area contributed by atoms with Crippen LogP contribution in [0.25, 0.3) is 10.8 Å². The van der Waals surface area contributed by atoms with E-state index in [0.717, 1.165) is 54.9 Å². The summed E-state index contributed by atoms with van der Waals surface area (Å²) in [4.78, 5) is 15.9. The molecule has 3 fully saturated rings. The molecule has 0 spiro atoms. The first kappa shape index (κ1) is 23.5. The van der Waals surface area contributed by atoms with E-state index in [2.05, 4.69) is 34.5 Å². The van der Waals surface area contributed by atoms with Crippen LogP contribution in [-0.4, -0.2) is 54.8 Å². The zero-order valence-electron chi connectivity index (χ0n) is 21.0. The number of carbonyl (C=O) groups excluding carboxylic acids is 1. The van der Waals surface area contributed by atoms with Gasteiger partial charge in [0.25, 0.3) is 5.91 Å². The third-order valence-corrected chi connectivity index (χ3v) is 8.84. The molecule has 3 aliphatic rings. The van der Waals surface area contributed by atoms with Crippen molar-refractivity contribution in [3.63, 3.8) is 0 Å². The summed E-state index contributed by atoms with van der Waals surface area (Å²) in [6, 6.07) is 22.2. The summed E-state index contributed by atoms with van der Waals surface area (Å²) < 4.78 is 5.57. The highest BCUT2D eigenvalue weighted by Gasteiger charge is 2.52. The van der Waals surface area contributed by atoms with Gasteiger partial charge in [-0.1, -0.05) is 42.5 Å². The van der Waals surface area contributed by atoms with Crippen molar-refractivity contribution in [3.05, 3.63) is 77.9 Å². The maximum atomic E-state index is 13.3. The lowest BCUT2D eigenvalue weighted by molar-refractivity contribution is -0.0482. The average molecular weight is 485 g/mol. The maximum Gasteiger partial charge on any atom is 0.251 e. The Bertz CT molecular complexity index is 1260. The standard InChI is InChI=1S/C31H36N2O3/c1-36-27-8-4-7-25(16-27)31-13-14-33(19-21-9-10-21)20-28(31)29(34)17-26(18-31)32-30(35)24-12-11-22-5-2-3-6-23(22)15-24/h2-8,11-12,15-16,21,26,28-29,34H,9-10,13-14,17-20H2,1H3,(H,32,35)/t26-,28-,29?,31-/m0/s1. The van der Waals surface area contributed by atoms with E-state index in [1.165, 1.54) is 18.4 Å². The van der Waals surface area contributed by atoms with Crippen LogP contribution in [0.1, 0.15) is 48.0 Å². The van der Waals surface area contributed by atoms with Gasteiger partial charge in [-0.3, -0.25) is 4.79 Å². The summed E-state index contributed by atoms with van der Waals surface area (Å²) in [6.07, 6.45) is 4.62. The Morgan fingerprint density at radius 1 is 1.08 bits per heavy atom. The molecule has 1 heterocycles. The highest BCUT2D eigenvalue weighted by Crippen LogP contribution is 2.50. The van der Waals surface area contributed by atoms with Gasteiger partial charge in [-0.2, -0.15) is 0 Å². The molecule has 5 nitrogen and oxygen atoms in total. The topological polar surface area (TPSA) is 61.8 Å². The van der Waals surface area contributed by atoms with Crippen molar-refractivity contribution in [2.45, 2.75) is 49.7 Å². The van der Waals surface area contributed by atoms with Crippen LogP contribution < -0.4 is 10.1 Å². The molecular formula is C31H36N2O3. The normalized spacial score (nSPS) is 28.4. The molecule has 1 aliphatic heterocycles. The molecule has 0 bridgehead atoms. The van der Waals surface area contributed by atoms with Crippen molar-refractivity contribution in [3.8, 4) is 5.75 Å². The summed E-state index contributed by atoms with van der Waals surface area (Å²) in [5.74, 6) is 1.76. The zero-order chi connectivity index (χ0) is 24.7. The van der Waals surface area contributed by atoms with Crippen LogP contribution >= 0.6 is 0 Å². The largest absolute Gasteiger partial charge is 0.497 e. The molecular weight excluding hydrogens is 448 g/mol. The number of aliphatic hydroxyl groups excluding tert-OH is 1. The predicted molar refractivity (Wildman–Crippen MR) is 142 cm³/mol. The van der Waals surface area contributed by atoms with Gasteiger partial charge < -0.3 is 20.1 Å². The fraction of sp³-hybridized carbons (Fsp3) is 0.452. The van der Waals surface area contributed by atoms with E-state index in [4.69, 9.17) is 4.74 Å². The number of amides is 1. The van der Waals surface area contributed by atoms with Crippen molar-refractivity contribution in [2.75, 3.05) is 26.7 Å². The number of methoxy groups -OCH3 is 1. The Balaban J connectivity index is 1.27. The van der Waals surface area contributed by atoms with Gasteiger partial charge in [-0.15, -0.1) is 0 Å². The third-order valence-electron chi connectivity index (χ3n) is 8.84. The monoisotopic (exact) mass is 484 g/mol. The zero-order valence-corrected chi connectivity index (χ0v) is 21.0. The van der Waals surface area contributed by atoms with Crippen LogP contribution in [0.3, 0.4) is 0 Å². The minimum absolute atomic E-state index is 0.0663. The number of rotatable bonds is 6. The Morgan fingerprint density at radius 2 is 1.92 bits per heavy atom. The van der Waals surface area contributed by atoms with E-state index in [9.17, 15) is 9.90 Å². The highest BCUT2D eigenvalue weighted by molar-refractivity contribution is 5.98. The highest BCUT2D eigenvalue weighted by atomic mass is 16.5. The molecule has 0 aromatic heterocycles. The van der Waals surface area contributed by atoms with Crippen molar-refractivity contribution in [2.24, 2.45) is 11.8 Å². The quantitative estimate of drug-likeness (QED) is 0.529. The number of likely N-dealkylation sites (tertiary alicyclic amines) is 1. The Labute approximate surface area is 213 Å². The number of hydrogen-bond acceptors (Lipinski definition) is 4. The van der Waals surface area contributed by atoms with Gasteiger partial charge in [0.2, 0.25) is 0 Å². The lowest BCUT2D eigenvalue weighted by Crippen LogP contribution is -2.61. The molecule has 0 radical (unpaired) electrons. The second kappa shape index (κ2) is 9.53. The predicted octanol–water partition coefficient (Wildman–Crippen LogP) is 4.77. The van der Waals surface area contributed by atoms with E-state index in [0.29, 0.717) is 12.0 Å². The molecule has 1 unspecified atom stereocenters. The van der Waals surface area contributed by atoms with Gasteiger partial charge in [0.15, 0.2) is 0 Å². The first-order valence-corrected chi connectivity index (χ1v) is 13.4. The number of carbonyl (C=O) groups is 1. The van der Waals surface area contributed by atoms with Crippen LogP contribution in [0.4, 0.5) is 0 Å². The first-order chi connectivity index (χ1) is 17.5. The maximum absolute atomic E-state index is 13.3. The lowest BCUT2D eigenvalue weighted by atomic mass is 9.57. The van der Waals surface area contributed by atoms with Crippen LogP contribution in [0, 0.1) is 11.8 Å². The lowest BCUT2D eigenvalue weighted by Gasteiger charge is -2.55. The molecule has 3 aromatic rings. The number of nitrogens with zero attached hydrogens (tertiary/aromatic N) is 1. The second-order valence-corrected chi connectivity index (χ2v) is 11.2. The molecule has 1 amide bonds. The summed E-state index contributed by atoms with van der Waals surface area (Å²) in [5.41, 5.74) is 1.70. The van der Waals surface area contributed by atoms with Gasteiger partial charge in [0.1, 0.15) is 5.75 Å². The molecule has 2 aliphatic carbocycles. The van der Waals surface area contributed by atoms with Gasteiger partial charge in [-0.25, -0.2) is 0 Å². The summed E-state index contributed by atoms with van der Waals surface area (Å²) in [5, 5.41) is 17.0. The summed E-state index contributed by atoms with van der Waals surface area (Å²) in [7, 11) is 1.70. The number of aliphatic hydroxyl groups is 1. The van der Waals surface area contributed by atoms with Crippen LogP contribution in [0.15, 0.2) is 66.7 Å². The van der Waals surface area contributed by atoms with Crippen molar-refractivity contribution >= 4 is 16.7 Å². The molecule has 2 saturated carbocycles. The Hall–Kier alpha value is -2.89. The van der Waals surface area contributed by atoms with Crippen molar-refractivity contribution < 1.29 is 14.6 Å². The van der Waals surface area contributed by atoms with Crippen LogP contribution in [0.2, 0.25) is 0 Å². The van der Waals surface area contributed by atoms with E-state index in [1.54, 1.807) is 7.11 Å². The smallest absolute Gasteiger partial charge is 0.251 e. The number of ether oxygens (including phenoxy) is 1. The number of benzene rings is 3. The SMILES string of the molecule is COc1cccc([C@@]23CCN(CC4CC4)C[C@H]2C(O)C[C@H](NC(=O)c2ccc4ccccc4c2)C3)c1. The van der Waals surface area contributed by atoms with Gasteiger partial charge in [-0.05, 0) is 85.2 Å². The molecule has 4 atom stereocenters. The summed E-state index contributed by atoms with van der Waals surface area (Å²) >= 11 is 0. The van der Waals surface area contributed by atoms with Crippen LogP contribution in [0.5, 0.6) is 5.75 Å². The molecule has 2 N–H and O–H groups in total. The number of piperidine rings is 1. The number of nitrogens with one attached hydrogen (secondary N) is 1. The number of fused-ring (bicyclic) bond motifs is 2. The molecule has 5 heteroatoms. The van der Waals surface area contributed by atoms with Gasteiger partial charge in [0, 0.05) is 36.0 Å². The Morgan fingerprint density at radius 3 is 2.72 bits per heavy atom. The van der Waals surface area contributed by atoms with Crippen molar-refractivity contribution in [1.29, 1.82) is 0 Å². The fourth-order valence-corrected chi connectivity index (χ4v) is 6.76. The molecule has 3 aromatic carbocycles. The van der Waals surface area contributed by atoms with E-state index >= 15 is 0 Å². The third kappa shape index (κ3) is 4.51. The fourth-order valence-electron chi connectivity index (χ4n) is 6.76. The minimum Gasteiger partial charge on any atom is -0.497 e.